The predicted molar refractivity (Wildman–Crippen MR) is 51.5 cm³/mol. The van der Waals surface area contributed by atoms with Gasteiger partial charge in [0.1, 0.15) is 0 Å². The number of para-hydroxylation sites is 1. The Bertz CT molecular complexity index is 324. The van der Waals surface area contributed by atoms with Crippen LogP contribution in [0.5, 0.6) is 0 Å². The van der Waals surface area contributed by atoms with Gasteiger partial charge in [0.2, 0.25) is 0 Å². The average Bonchev–Trinajstić information content (AvgIpc) is 2.04. The van der Waals surface area contributed by atoms with Gasteiger partial charge in [-0.15, -0.1) is 0 Å². The van der Waals surface area contributed by atoms with Gasteiger partial charge in [-0.05, 0) is 18.6 Å². The van der Waals surface area contributed by atoms with Gasteiger partial charge in [0.15, 0.2) is 0 Å². The van der Waals surface area contributed by atoms with Crippen molar-refractivity contribution in [2.45, 2.75) is 12.2 Å². The highest BCUT2D eigenvalue weighted by atomic mass is 32.2. The minimum absolute atomic E-state index is 0.0428. The van der Waals surface area contributed by atoms with Crippen LogP contribution < -0.4 is 5.32 Å². The number of carbonyl (C=O) groups is 1. The summed E-state index contributed by atoms with van der Waals surface area (Å²) >= 11 is 1.33. The van der Waals surface area contributed by atoms with E-state index in [2.05, 4.69) is 5.32 Å². The van der Waals surface area contributed by atoms with Crippen LogP contribution in [-0.4, -0.2) is 5.24 Å². The van der Waals surface area contributed by atoms with E-state index in [1.54, 1.807) is 0 Å². The summed E-state index contributed by atoms with van der Waals surface area (Å²) in [4.78, 5) is 11.1. The Morgan fingerprint density at radius 3 is 3.00 bits per heavy atom. The normalized spacial score (nSPS) is 21.4. The van der Waals surface area contributed by atoms with E-state index >= 15 is 0 Å². The molecule has 0 saturated heterocycles. The van der Waals surface area contributed by atoms with E-state index in [0.29, 0.717) is 0 Å². The lowest BCUT2D eigenvalue weighted by Crippen LogP contribution is -2.14. The van der Waals surface area contributed by atoms with E-state index in [1.165, 1.54) is 17.3 Å². The third-order valence-electron chi connectivity index (χ3n) is 1.92. The third kappa shape index (κ3) is 1.20. The summed E-state index contributed by atoms with van der Waals surface area (Å²) in [6.45, 7) is 2.04. The molecule has 0 aliphatic carbocycles. The van der Waals surface area contributed by atoms with E-state index < -0.39 is 0 Å². The Morgan fingerprint density at radius 1 is 1.42 bits per heavy atom. The van der Waals surface area contributed by atoms with Crippen molar-refractivity contribution in [2.75, 3.05) is 5.32 Å². The minimum atomic E-state index is 0.0428. The van der Waals surface area contributed by atoms with Crippen molar-refractivity contribution < 1.29 is 4.79 Å². The quantitative estimate of drug-likeness (QED) is 0.663. The number of nitrogens with one attached hydrogen (secondary N) is 1. The summed E-state index contributed by atoms with van der Waals surface area (Å²) in [7, 11) is 0. The molecule has 0 unspecified atom stereocenters. The van der Waals surface area contributed by atoms with Gasteiger partial charge < -0.3 is 5.32 Å². The summed E-state index contributed by atoms with van der Waals surface area (Å²) in [5, 5.41) is 3.13. The van der Waals surface area contributed by atoms with Gasteiger partial charge in [-0.3, -0.25) is 4.79 Å². The molecule has 0 spiro atoms. The smallest absolute Gasteiger partial charge is 0.284 e. The maximum Gasteiger partial charge on any atom is 0.284 e. The fraction of sp³-hybridized carbons (Fsp3) is 0.222. The molecular weight excluding hydrogens is 170 g/mol. The molecule has 2 nitrogen and oxygen atoms in total. The second-order valence-corrected chi connectivity index (χ2v) is 4.07. The van der Waals surface area contributed by atoms with E-state index in [-0.39, 0.29) is 10.5 Å². The molecule has 1 heterocycles. The van der Waals surface area contributed by atoms with Crippen LogP contribution in [0.2, 0.25) is 0 Å². The van der Waals surface area contributed by atoms with Gasteiger partial charge >= 0.3 is 0 Å². The number of thioether (sulfide) groups is 1. The van der Waals surface area contributed by atoms with Gasteiger partial charge in [-0.25, -0.2) is 0 Å². The van der Waals surface area contributed by atoms with Gasteiger partial charge in [0.25, 0.3) is 5.24 Å². The van der Waals surface area contributed by atoms with E-state index in [1.807, 2.05) is 31.2 Å². The highest BCUT2D eigenvalue weighted by molar-refractivity contribution is 8.14. The van der Waals surface area contributed by atoms with E-state index in [9.17, 15) is 4.79 Å². The molecule has 1 aromatic carbocycles. The molecule has 1 N–H and O–H groups in total. The Balaban J connectivity index is 2.47. The first kappa shape index (κ1) is 7.68. The average molecular weight is 179 g/mol. The van der Waals surface area contributed by atoms with Gasteiger partial charge in [-0.2, -0.15) is 0 Å². The van der Waals surface area contributed by atoms with Crippen molar-refractivity contribution in [3.63, 3.8) is 0 Å². The zero-order chi connectivity index (χ0) is 8.55. The first-order chi connectivity index (χ1) is 5.77. The molecule has 3 heteroatoms. The monoisotopic (exact) mass is 179 g/mol. The van der Waals surface area contributed by atoms with Crippen LogP contribution in [-0.2, 0) is 0 Å². The number of benzene rings is 1. The Labute approximate surface area is 75.4 Å². The van der Waals surface area contributed by atoms with Crippen LogP contribution in [0, 0.1) is 0 Å². The van der Waals surface area contributed by atoms with Gasteiger partial charge in [0.05, 0.1) is 0 Å². The number of hydrogen-bond donors (Lipinski definition) is 1. The van der Waals surface area contributed by atoms with E-state index in [4.69, 9.17) is 0 Å². The molecule has 1 amide bonds. The van der Waals surface area contributed by atoms with Crippen LogP contribution in [0.4, 0.5) is 10.5 Å². The number of carbonyl (C=O) groups excluding carboxylic acids is 1. The molecule has 1 atom stereocenters. The fourth-order valence-corrected chi connectivity index (χ4v) is 2.15. The summed E-state index contributed by atoms with van der Waals surface area (Å²) in [5.74, 6) is 0. The van der Waals surface area contributed by atoms with Crippen LogP contribution in [0.15, 0.2) is 24.3 Å². The maximum atomic E-state index is 11.1. The summed E-state index contributed by atoms with van der Waals surface area (Å²) in [6.07, 6.45) is 0. The van der Waals surface area contributed by atoms with Crippen molar-refractivity contribution in [3.05, 3.63) is 29.8 Å². The van der Waals surface area contributed by atoms with Crippen LogP contribution in [0.25, 0.3) is 0 Å². The first-order valence-corrected chi connectivity index (χ1v) is 4.72. The molecule has 0 bridgehead atoms. The Kier molecular flexibility index (Phi) is 1.81. The highest BCUT2D eigenvalue weighted by Gasteiger charge is 2.20. The number of rotatable bonds is 0. The third-order valence-corrected chi connectivity index (χ3v) is 2.84. The summed E-state index contributed by atoms with van der Waals surface area (Å²) < 4.78 is 0. The molecule has 1 aliphatic rings. The summed E-state index contributed by atoms with van der Waals surface area (Å²) in [5.41, 5.74) is 2.16. The Morgan fingerprint density at radius 2 is 2.17 bits per heavy atom. The molecule has 1 aliphatic heterocycles. The largest absolute Gasteiger partial charge is 0.317 e. The Hall–Kier alpha value is -0.960. The molecule has 2 rings (SSSR count). The topological polar surface area (TPSA) is 29.1 Å². The summed E-state index contributed by atoms with van der Waals surface area (Å²) in [6, 6.07) is 7.91. The number of fused-ring (bicyclic) bond motifs is 1. The van der Waals surface area contributed by atoms with Crippen molar-refractivity contribution in [2.24, 2.45) is 0 Å². The molecular formula is C9H9NOS. The van der Waals surface area contributed by atoms with Crippen LogP contribution in [0.3, 0.4) is 0 Å². The lowest BCUT2D eigenvalue weighted by atomic mass is 10.1. The molecule has 1 aromatic rings. The molecule has 0 fully saturated rings. The highest BCUT2D eigenvalue weighted by Crippen LogP contribution is 2.38. The van der Waals surface area contributed by atoms with Crippen molar-refractivity contribution in [1.29, 1.82) is 0 Å². The number of anilines is 1. The molecule has 12 heavy (non-hydrogen) atoms. The van der Waals surface area contributed by atoms with Crippen molar-refractivity contribution >= 4 is 22.7 Å². The SMILES string of the molecule is C[C@@H]1SC(=O)Nc2ccccc21. The zero-order valence-corrected chi connectivity index (χ0v) is 7.52. The first-order valence-electron chi connectivity index (χ1n) is 3.84. The van der Waals surface area contributed by atoms with E-state index in [0.717, 1.165) is 5.69 Å². The minimum Gasteiger partial charge on any atom is -0.317 e. The van der Waals surface area contributed by atoms with Gasteiger partial charge in [0, 0.05) is 10.9 Å². The molecule has 0 aromatic heterocycles. The molecule has 0 radical (unpaired) electrons. The van der Waals surface area contributed by atoms with Gasteiger partial charge in [-0.1, -0.05) is 30.0 Å². The maximum absolute atomic E-state index is 11.1. The number of hydrogen-bond acceptors (Lipinski definition) is 2. The van der Waals surface area contributed by atoms with Crippen molar-refractivity contribution in [3.8, 4) is 0 Å². The van der Waals surface area contributed by atoms with Crippen LogP contribution in [0.1, 0.15) is 17.7 Å². The molecule has 62 valence electrons. The van der Waals surface area contributed by atoms with Crippen LogP contribution >= 0.6 is 11.8 Å². The second-order valence-electron chi connectivity index (χ2n) is 2.76. The lowest BCUT2D eigenvalue weighted by Gasteiger charge is -2.21. The molecule has 0 saturated carbocycles. The fourth-order valence-electron chi connectivity index (χ4n) is 1.33. The standard InChI is InChI=1S/C9H9NOS/c1-6-7-4-2-3-5-8(7)10-9(11)12-6/h2-6H,1H3,(H,10,11)/t6-/m0/s1. The van der Waals surface area contributed by atoms with Crippen molar-refractivity contribution in [1.82, 2.24) is 0 Å². The second kappa shape index (κ2) is 2.83. The lowest BCUT2D eigenvalue weighted by molar-refractivity contribution is 0.269. The zero-order valence-electron chi connectivity index (χ0n) is 6.70. The predicted octanol–water partition coefficient (Wildman–Crippen LogP) is 3.03. The number of amides is 1.